The molecule has 112 valence electrons. The van der Waals surface area contributed by atoms with Crippen molar-refractivity contribution in [3.63, 3.8) is 0 Å². The number of rotatable bonds is 5. The summed E-state index contributed by atoms with van der Waals surface area (Å²) in [6.07, 6.45) is 0.956. The molecule has 0 aliphatic heterocycles. The number of hydrogen-bond donors (Lipinski definition) is 1. The van der Waals surface area contributed by atoms with Crippen molar-refractivity contribution < 1.29 is 0 Å². The summed E-state index contributed by atoms with van der Waals surface area (Å²) in [5, 5.41) is 3.30. The van der Waals surface area contributed by atoms with Gasteiger partial charge in [0, 0.05) is 28.3 Å². The zero-order valence-corrected chi connectivity index (χ0v) is 14.7. The molecule has 2 aromatic rings. The van der Waals surface area contributed by atoms with Gasteiger partial charge in [-0.15, -0.1) is 0 Å². The molecule has 0 saturated carbocycles. The Balaban J connectivity index is 2.48. The molecule has 3 nitrogen and oxygen atoms in total. The van der Waals surface area contributed by atoms with Crippen LogP contribution in [0.25, 0.3) is 11.4 Å². The van der Waals surface area contributed by atoms with E-state index in [1.807, 2.05) is 0 Å². The van der Waals surface area contributed by atoms with E-state index in [4.69, 9.17) is 4.98 Å². The second-order valence-electron chi connectivity index (χ2n) is 5.68. The third kappa shape index (κ3) is 4.27. The lowest BCUT2D eigenvalue weighted by molar-refractivity contribution is 0.635. The van der Waals surface area contributed by atoms with Crippen molar-refractivity contribution in [1.82, 2.24) is 9.97 Å². The van der Waals surface area contributed by atoms with E-state index in [2.05, 4.69) is 78.2 Å². The van der Waals surface area contributed by atoms with Crippen LogP contribution in [-0.2, 0) is 6.42 Å². The lowest BCUT2D eigenvalue weighted by atomic mass is 10.1. The Kier molecular flexibility index (Phi) is 5.34. The monoisotopic (exact) mass is 347 g/mol. The second kappa shape index (κ2) is 7.03. The summed E-state index contributed by atoms with van der Waals surface area (Å²) in [5.41, 5.74) is 3.33. The highest BCUT2D eigenvalue weighted by molar-refractivity contribution is 9.10. The number of nitrogens with zero attached hydrogens (tertiary/aromatic N) is 2. The van der Waals surface area contributed by atoms with E-state index in [0.717, 1.165) is 40.3 Å². The minimum atomic E-state index is 0.573. The van der Waals surface area contributed by atoms with Crippen LogP contribution in [0.5, 0.6) is 0 Å². The highest BCUT2D eigenvalue weighted by Crippen LogP contribution is 2.28. The number of aryl methyl sites for hydroxylation is 1. The van der Waals surface area contributed by atoms with Gasteiger partial charge in [0.25, 0.3) is 0 Å². The Bertz CT molecular complexity index is 623. The molecule has 0 spiro atoms. The average Bonchev–Trinajstić information content (AvgIpc) is 2.37. The predicted octanol–water partition coefficient (Wildman–Crippen LogP) is 4.84. The quantitative estimate of drug-likeness (QED) is 0.840. The van der Waals surface area contributed by atoms with Gasteiger partial charge in [0.15, 0.2) is 5.82 Å². The van der Waals surface area contributed by atoms with Crippen LogP contribution in [0.1, 0.15) is 32.0 Å². The molecule has 0 aliphatic rings. The molecule has 2 rings (SSSR count). The maximum atomic E-state index is 4.74. The summed E-state index contributed by atoms with van der Waals surface area (Å²) in [6.45, 7) is 9.42. The lowest BCUT2D eigenvalue weighted by Crippen LogP contribution is -2.06. The highest BCUT2D eigenvalue weighted by atomic mass is 79.9. The molecular weight excluding hydrogens is 326 g/mol. The zero-order valence-electron chi connectivity index (χ0n) is 13.1. The molecule has 0 aliphatic carbocycles. The summed E-state index contributed by atoms with van der Waals surface area (Å²) in [6, 6.07) is 8.31. The maximum Gasteiger partial charge on any atom is 0.162 e. The molecule has 21 heavy (non-hydrogen) atoms. The van der Waals surface area contributed by atoms with Crippen molar-refractivity contribution in [3.8, 4) is 11.4 Å². The fourth-order valence-electron chi connectivity index (χ4n) is 2.21. The Labute approximate surface area is 135 Å². The van der Waals surface area contributed by atoms with Crippen LogP contribution in [-0.4, -0.2) is 16.5 Å². The first-order chi connectivity index (χ1) is 9.99. The topological polar surface area (TPSA) is 37.8 Å². The zero-order chi connectivity index (χ0) is 15.4. The van der Waals surface area contributed by atoms with Crippen LogP contribution >= 0.6 is 15.9 Å². The second-order valence-corrected chi connectivity index (χ2v) is 6.53. The Hall–Kier alpha value is -1.42. The number of anilines is 1. The van der Waals surface area contributed by atoms with E-state index >= 15 is 0 Å². The minimum absolute atomic E-state index is 0.573. The first-order valence-electron chi connectivity index (χ1n) is 7.38. The minimum Gasteiger partial charge on any atom is -0.370 e. The molecule has 0 amide bonds. The number of halogens is 1. The lowest BCUT2D eigenvalue weighted by Gasteiger charge is -2.11. The largest absolute Gasteiger partial charge is 0.370 e. The molecule has 0 bridgehead atoms. The van der Waals surface area contributed by atoms with Gasteiger partial charge in [-0.2, -0.15) is 0 Å². The molecule has 0 fully saturated rings. The van der Waals surface area contributed by atoms with Gasteiger partial charge in [0.2, 0.25) is 0 Å². The van der Waals surface area contributed by atoms with Gasteiger partial charge >= 0.3 is 0 Å². The molecule has 1 aromatic heterocycles. The molecule has 0 saturated heterocycles. The molecule has 1 N–H and O–H groups in total. The fraction of sp³-hybridized carbons (Fsp3) is 0.412. The maximum absolute atomic E-state index is 4.74. The van der Waals surface area contributed by atoms with Crippen LogP contribution in [0, 0.1) is 12.8 Å². The van der Waals surface area contributed by atoms with E-state index in [0.29, 0.717) is 5.92 Å². The van der Waals surface area contributed by atoms with Crippen molar-refractivity contribution in [3.05, 3.63) is 40.0 Å². The third-order valence-corrected chi connectivity index (χ3v) is 3.78. The Morgan fingerprint density at radius 2 is 1.95 bits per heavy atom. The molecule has 0 radical (unpaired) electrons. The van der Waals surface area contributed by atoms with Gasteiger partial charge in [-0.3, -0.25) is 0 Å². The normalized spacial score (nSPS) is 11.0. The summed E-state index contributed by atoms with van der Waals surface area (Å²) < 4.78 is 1.03. The van der Waals surface area contributed by atoms with Crippen molar-refractivity contribution in [2.24, 2.45) is 5.92 Å². The van der Waals surface area contributed by atoms with E-state index < -0.39 is 0 Å². The first kappa shape index (κ1) is 16.0. The molecule has 1 heterocycles. The number of hydrogen-bond acceptors (Lipinski definition) is 3. The van der Waals surface area contributed by atoms with Gasteiger partial charge < -0.3 is 5.32 Å². The number of benzene rings is 1. The van der Waals surface area contributed by atoms with Crippen molar-refractivity contribution in [1.29, 1.82) is 0 Å². The van der Waals surface area contributed by atoms with Crippen molar-refractivity contribution in [2.75, 3.05) is 11.9 Å². The SMILES string of the molecule is CCNc1cc(CC(C)C)nc(-c2ccc(C)cc2Br)n1. The van der Waals surface area contributed by atoms with Crippen molar-refractivity contribution >= 4 is 21.7 Å². The molecule has 0 atom stereocenters. The van der Waals surface area contributed by atoms with E-state index in [1.165, 1.54) is 5.56 Å². The Morgan fingerprint density at radius 3 is 2.57 bits per heavy atom. The van der Waals surface area contributed by atoms with E-state index in [9.17, 15) is 0 Å². The fourth-order valence-corrected chi connectivity index (χ4v) is 2.88. The predicted molar refractivity (Wildman–Crippen MR) is 92.6 cm³/mol. The summed E-state index contributed by atoms with van der Waals surface area (Å²) in [4.78, 5) is 9.37. The molecule has 1 aromatic carbocycles. The third-order valence-electron chi connectivity index (χ3n) is 3.12. The van der Waals surface area contributed by atoms with Crippen LogP contribution < -0.4 is 5.32 Å². The number of aromatic nitrogens is 2. The van der Waals surface area contributed by atoms with Crippen LogP contribution in [0.15, 0.2) is 28.7 Å². The van der Waals surface area contributed by atoms with Gasteiger partial charge in [-0.05, 0) is 43.9 Å². The molecule has 0 unspecified atom stereocenters. The molecule has 4 heteroatoms. The van der Waals surface area contributed by atoms with E-state index in [-0.39, 0.29) is 0 Å². The van der Waals surface area contributed by atoms with E-state index in [1.54, 1.807) is 0 Å². The Morgan fingerprint density at radius 1 is 1.19 bits per heavy atom. The van der Waals surface area contributed by atoms with Gasteiger partial charge in [-0.1, -0.05) is 35.8 Å². The highest BCUT2D eigenvalue weighted by Gasteiger charge is 2.11. The standard InChI is InChI=1S/C17H22BrN3/c1-5-19-16-10-13(8-11(2)3)20-17(21-16)14-7-6-12(4)9-15(14)18/h6-7,9-11H,5,8H2,1-4H3,(H,19,20,21). The van der Waals surface area contributed by atoms with Gasteiger partial charge in [-0.25, -0.2) is 9.97 Å². The summed E-state index contributed by atoms with van der Waals surface area (Å²) in [5.74, 6) is 2.24. The smallest absolute Gasteiger partial charge is 0.162 e. The van der Waals surface area contributed by atoms with Gasteiger partial charge in [0.05, 0.1) is 0 Å². The average molecular weight is 348 g/mol. The summed E-state index contributed by atoms with van der Waals surface area (Å²) >= 11 is 3.62. The van der Waals surface area contributed by atoms with Gasteiger partial charge in [0.1, 0.15) is 5.82 Å². The first-order valence-corrected chi connectivity index (χ1v) is 8.17. The van der Waals surface area contributed by atoms with Crippen LogP contribution in [0.4, 0.5) is 5.82 Å². The summed E-state index contributed by atoms with van der Waals surface area (Å²) in [7, 11) is 0. The van der Waals surface area contributed by atoms with Crippen LogP contribution in [0.3, 0.4) is 0 Å². The van der Waals surface area contributed by atoms with Crippen LogP contribution in [0.2, 0.25) is 0 Å². The number of nitrogens with one attached hydrogen (secondary N) is 1. The molecular formula is C17H22BrN3. The van der Waals surface area contributed by atoms with Crippen molar-refractivity contribution in [2.45, 2.75) is 34.1 Å².